The second-order valence-electron chi connectivity index (χ2n) is 7.72. The van der Waals surface area contributed by atoms with Crippen molar-refractivity contribution in [3.8, 4) is 0 Å². The first-order chi connectivity index (χ1) is 13.1. The van der Waals surface area contributed by atoms with Crippen molar-refractivity contribution in [1.82, 2.24) is 4.31 Å². The highest BCUT2D eigenvalue weighted by Gasteiger charge is 2.30. The zero-order valence-corrected chi connectivity index (χ0v) is 16.5. The van der Waals surface area contributed by atoms with Gasteiger partial charge in [0.2, 0.25) is 15.9 Å². The van der Waals surface area contributed by atoms with Crippen LogP contribution in [0, 0.1) is 0 Å². The van der Waals surface area contributed by atoms with Crippen molar-refractivity contribution >= 4 is 21.6 Å². The van der Waals surface area contributed by atoms with Gasteiger partial charge >= 0.3 is 0 Å². The van der Waals surface area contributed by atoms with E-state index < -0.39 is 10.0 Å². The number of hydrogen-bond donors (Lipinski definition) is 0. The molecule has 0 aromatic heterocycles. The molecule has 2 saturated heterocycles. The molecule has 3 aliphatic heterocycles. The zero-order chi connectivity index (χ0) is 18.9. The Morgan fingerprint density at radius 2 is 1.93 bits per heavy atom. The molecule has 0 aliphatic carbocycles. The number of amides is 1. The molecule has 6 nitrogen and oxygen atoms in total. The topological polar surface area (TPSA) is 66.9 Å². The average molecular weight is 393 g/mol. The Hall–Kier alpha value is -1.44. The number of carbonyl (C=O) groups is 1. The number of ether oxygens (including phenoxy) is 1. The summed E-state index contributed by atoms with van der Waals surface area (Å²) in [6.07, 6.45) is 7.13. The first kappa shape index (κ1) is 18.9. The molecule has 27 heavy (non-hydrogen) atoms. The molecule has 4 rings (SSSR count). The smallest absolute Gasteiger partial charge is 0.243 e. The first-order valence-corrected chi connectivity index (χ1v) is 11.5. The number of carbonyl (C=O) groups excluding carboxylic acids is 1. The van der Waals surface area contributed by atoms with Gasteiger partial charge in [0.15, 0.2) is 0 Å². The van der Waals surface area contributed by atoms with Gasteiger partial charge in [-0.25, -0.2) is 8.42 Å². The van der Waals surface area contributed by atoms with Crippen molar-refractivity contribution in [2.24, 2.45) is 0 Å². The summed E-state index contributed by atoms with van der Waals surface area (Å²) in [5, 5.41) is 0. The molecule has 1 atom stereocenters. The minimum Gasteiger partial charge on any atom is -0.378 e. The number of benzene rings is 1. The van der Waals surface area contributed by atoms with Gasteiger partial charge in [0.05, 0.1) is 11.0 Å². The Morgan fingerprint density at radius 3 is 2.67 bits per heavy atom. The highest BCUT2D eigenvalue weighted by Crippen LogP contribution is 2.32. The molecule has 0 spiro atoms. The lowest BCUT2D eigenvalue weighted by Crippen LogP contribution is -2.36. The van der Waals surface area contributed by atoms with Crippen LogP contribution in [0.15, 0.2) is 23.1 Å². The molecule has 2 fully saturated rings. The number of nitrogens with zero attached hydrogens (tertiary/aromatic N) is 2. The lowest BCUT2D eigenvalue weighted by Gasteiger charge is -2.30. The molecular formula is C20H28N2O4S. The average Bonchev–Trinajstić information content (AvgIpc) is 3.39. The molecule has 1 amide bonds. The minimum absolute atomic E-state index is 0.113. The van der Waals surface area contributed by atoms with Gasteiger partial charge in [-0.3, -0.25) is 4.79 Å². The van der Waals surface area contributed by atoms with Crippen LogP contribution in [0.5, 0.6) is 0 Å². The standard InChI is InChI=1S/C20H28N2O4S/c23-20(10-7-17-6-4-14-26-17)22-13-3-5-16-15-18(8-9-19(16)22)27(24,25)21-11-1-2-12-21/h8-9,15,17H,1-7,10-14H2. The molecule has 0 saturated carbocycles. The van der Waals surface area contributed by atoms with Gasteiger partial charge in [-0.05, 0) is 68.7 Å². The van der Waals surface area contributed by atoms with Crippen LogP contribution in [0.4, 0.5) is 5.69 Å². The Balaban J connectivity index is 1.50. The van der Waals surface area contributed by atoms with E-state index in [9.17, 15) is 13.2 Å². The molecule has 1 aromatic carbocycles. The van der Waals surface area contributed by atoms with Crippen molar-refractivity contribution in [3.63, 3.8) is 0 Å². The quantitative estimate of drug-likeness (QED) is 0.773. The van der Waals surface area contributed by atoms with Gasteiger partial charge in [0.25, 0.3) is 0 Å². The Kier molecular flexibility index (Phi) is 5.53. The molecule has 7 heteroatoms. The summed E-state index contributed by atoms with van der Waals surface area (Å²) < 4.78 is 32.8. The highest BCUT2D eigenvalue weighted by molar-refractivity contribution is 7.89. The summed E-state index contributed by atoms with van der Waals surface area (Å²) in [5.74, 6) is 0.113. The monoisotopic (exact) mass is 392 g/mol. The van der Waals surface area contributed by atoms with E-state index >= 15 is 0 Å². The van der Waals surface area contributed by atoms with Crippen LogP contribution >= 0.6 is 0 Å². The van der Waals surface area contributed by atoms with Gasteiger partial charge in [-0.2, -0.15) is 4.31 Å². The fourth-order valence-electron chi connectivity index (χ4n) is 4.36. The van der Waals surface area contributed by atoms with Crippen LogP contribution in [0.25, 0.3) is 0 Å². The minimum atomic E-state index is -3.42. The molecular weight excluding hydrogens is 364 g/mol. The van der Waals surface area contributed by atoms with Crippen molar-refractivity contribution < 1.29 is 17.9 Å². The first-order valence-electron chi connectivity index (χ1n) is 10.1. The van der Waals surface area contributed by atoms with Gasteiger partial charge in [-0.15, -0.1) is 0 Å². The van der Waals surface area contributed by atoms with Crippen LogP contribution in [0.2, 0.25) is 0 Å². The van der Waals surface area contributed by atoms with Crippen LogP contribution in [-0.4, -0.2) is 51.0 Å². The fourth-order valence-corrected chi connectivity index (χ4v) is 5.93. The molecule has 3 heterocycles. The number of fused-ring (bicyclic) bond motifs is 1. The fraction of sp³-hybridized carbons (Fsp3) is 0.650. The summed E-state index contributed by atoms with van der Waals surface area (Å²) in [4.78, 5) is 14.9. The number of anilines is 1. The Morgan fingerprint density at radius 1 is 1.11 bits per heavy atom. The lowest BCUT2D eigenvalue weighted by atomic mass is 10.0. The summed E-state index contributed by atoms with van der Waals surface area (Å²) in [7, 11) is -3.42. The predicted molar refractivity (Wildman–Crippen MR) is 103 cm³/mol. The van der Waals surface area contributed by atoms with Crippen molar-refractivity contribution in [3.05, 3.63) is 23.8 Å². The summed E-state index contributed by atoms with van der Waals surface area (Å²) in [6.45, 7) is 2.72. The van der Waals surface area contributed by atoms with Crippen molar-refractivity contribution in [2.75, 3.05) is 31.1 Å². The molecule has 148 valence electrons. The largest absolute Gasteiger partial charge is 0.378 e. The number of sulfonamides is 1. The van der Waals surface area contributed by atoms with E-state index in [-0.39, 0.29) is 12.0 Å². The molecule has 1 aromatic rings. The maximum Gasteiger partial charge on any atom is 0.243 e. The van der Waals surface area contributed by atoms with E-state index in [1.54, 1.807) is 16.4 Å². The molecule has 0 N–H and O–H groups in total. The maximum absolute atomic E-state index is 12.8. The highest BCUT2D eigenvalue weighted by atomic mass is 32.2. The third-order valence-electron chi connectivity index (χ3n) is 5.88. The predicted octanol–water partition coefficient (Wildman–Crippen LogP) is 2.71. The van der Waals surface area contributed by atoms with Gasteiger partial charge in [0, 0.05) is 38.3 Å². The summed E-state index contributed by atoms with van der Waals surface area (Å²) in [6, 6.07) is 5.27. The summed E-state index contributed by atoms with van der Waals surface area (Å²) >= 11 is 0. The SMILES string of the molecule is O=C(CCC1CCCO1)N1CCCc2cc(S(=O)(=O)N3CCCC3)ccc21. The van der Waals surface area contributed by atoms with Crippen molar-refractivity contribution in [1.29, 1.82) is 0 Å². The molecule has 1 unspecified atom stereocenters. The normalized spacial score (nSPS) is 23.6. The van der Waals surface area contributed by atoms with Crippen LogP contribution < -0.4 is 4.90 Å². The number of hydrogen-bond acceptors (Lipinski definition) is 4. The van der Waals surface area contributed by atoms with E-state index in [1.807, 2.05) is 11.0 Å². The second-order valence-corrected chi connectivity index (χ2v) is 9.66. The van der Waals surface area contributed by atoms with E-state index in [2.05, 4.69) is 0 Å². The van der Waals surface area contributed by atoms with Gasteiger partial charge in [-0.1, -0.05) is 0 Å². The van der Waals surface area contributed by atoms with Crippen LogP contribution in [0.1, 0.15) is 50.5 Å². The lowest BCUT2D eigenvalue weighted by molar-refractivity contribution is -0.119. The number of rotatable bonds is 5. The Bertz CT molecular complexity index is 796. The van der Waals surface area contributed by atoms with E-state index in [0.29, 0.717) is 31.0 Å². The summed E-state index contributed by atoms with van der Waals surface area (Å²) in [5.41, 5.74) is 1.84. The molecule has 0 radical (unpaired) electrons. The van der Waals surface area contributed by atoms with Crippen LogP contribution in [-0.2, 0) is 26.0 Å². The van der Waals surface area contributed by atoms with Gasteiger partial charge in [0.1, 0.15) is 0 Å². The van der Waals surface area contributed by atoms with Gasteiger partial charge < -0.3 is 9.64 Å². The van der Waals surface area contributed by atoms with Crippen molar-refractivity contribution in [2.45, 2.75) is 62.4 Å². The number of aryl methyl sites for hydroxylation is 1. The van der Waals surface area contributed by atoms with E-state index in [4.69, 9.17) is 4.74 Å². The molecule has 0 bridgehead atoms. The van der Waals surface area contributed by atoms with E-state index in [0.717, 1.165) is 62.8 Å². The maximum atomic E-state index is 12.8. The molecule has 3 aliphatic rings. The Labute approximate surface area is 161 Å². The van der Waals surface area contributed by atoms with Crippen LogP contribution in [0.3, 0.4) is 0 Å². The van der Waals surface area contributed by atoms with E-state index in [1.165, 1.54) is 0 Å². The third kappa shape index (κ3) is 3.91. The second kappa shape index (κ2) is 7.89. The third-order valence-corrected chi connectivity index (χ3v) is 7.77. The zero-order valence-electron chi connectivity index (χ0n) is 15.7.